The summed E-state index contributed by atoms with van der Waals surface area (Å²) in [6, 6.07) is 8.64. The maximum absolute atomic E-state index is 6.15. The molecule has 3 N–H and O–H groups in total. The van der Waals surface area contributed by atoms with E-state index in [1.165, 1.54) is 43.4 Å². The Hall–Kier alpha value is -1.02. The lowest BCUT2D eigenvalue weighted by Gasteiger charge is -2.45. The molecule has 1 aromatic rings. The summed E-state index contributed by atoms with van der Waals surface area (Å²) in [6.07, 6.45) is 6.21. The predicted octanol–water partition coefficient (Wildman–Crippen LogP) is 4.73. The van der Waals surface area contributed by atoms with E-state index in [0.717, 1.165) is 12.5 Å². The molecule has 1 saturated carbocycles. The van der Waals surface area contributed by atoms with Gasteiger partial charge in [0.25, 0.3) is 0 Å². The van der Waals surface area contributed by atoms with Gasteiger partial charge < -0.3 is 11.1 Å². The first kappa shape index (κ1) is 16.4. The largest absolute Gasteiger partial charge is 0.378 e. The number of anilines is 1. The third-order valence-electron chi connectivity index (χ3n) is 5.78. The van der Waals surface area contributed by atoms with Crippen LogP contribution in [0.3, 0.4) is 0 Å². The minimum Gasteiger partial charge on any atom is -0.378 e. The fourth-order valence-electron chi connectivity index (χ4n) is 3.65. The van der Waals surface area contributed by atoms with Crippen LogP contribution in [0.25, 0.3) is 0 Å². The molecule has 0 heterocycles. The van der Waals surface area contributed by atoms with Crippen LogP contribution in [0.1, 0.15) is 58.4 Å². The van der Waals surface area contributed by atoms with Gasteiger partial charge in [0.2, 0.25) is 0 Å². The van der Waals surface area contributed by atoms with Crippen LogP contribution in [0.15, 0.2) is 24.3 Å². The fraction of sp³-hybridized carbons (Fsp3) is 0.684. The van der Waals surface area contributed by atoms with Gasteiger partial charge in [-0.05, 0) is 61.6 Å². The first-order valence-corrected chi connectivity index (χ1v) is 8.46. The van der Waals surface area contributed by atoms with Crippen molar-refractivity contribution in [1.29, 1.82) is 0 Å². The second kappa shape index (κ2) is 6.39. The number of aryl methyl sites for hydroxylation is 1. The van der Waals surface area contributed by atoms with Gasteiger partial charge in [-0.25, -0.2) is 0 Å². The van der Waals surface area contributed by atoms with E-state index in [1.54, 1.807) is 0 Å². The number of hydrogen-bond donors (Lipinski definition) is 2. The van der Waals surface area contributed by atoms with E-state index in [9.17, 15) is 0 Å². The van der Waals surface area contributed by atoms with Crippen LogP contribution < -0.4 is 11.1 Å². The lowest BCUT2D eigenvalue weighted by molar-refractivity contribution is 0.124. The molecule has 2 heteroatoms. The third kappa shape index (κ3) is 3.79. The Morgan fingerprint density at radius 1 is 1.29 bits per heavy atom. The summed E-state index contributed by atoms with van der Waals surface area (Å²) in [5.41, 5.74) is 9.22. The number of hydrogen-bond acceptors (Lipinski definition) is 2. The van der Waals surface area contributed by atoms with E-state index in [2.05, 4.69) is 57.3 Å². The van der Waals surface area contributed by atoms with E-state index < -0.39 is 0 Å². The van der Waals surface area contributed by atoms with Gasteiger partial charge in [0.1, 0.15) is 0 Å². The van der Waals surface area contributed by atoms with Crippen LogP contribution in [-0.2, 0) is 0 Å². The molecule has 0 saturated heterocycles. The molecule has 0 amide bonds. The van der Waals surface area contributed by atoms with E-state index in [4.69, 9.17) is 5.73 Å². The Labute approximate surface area is 130 Å². The number of nitrogens with one attached hydrogen (secondary N) is 1. The van der Waals surface area contributed by atoms with E-state index in [0.29, 0.717) is 5.41 Å². The average molecular weight is 288 g/mol. The summed E-state index contributed by atoms with van der Waals surface area (Å²) < 4.78 is 0. The molecule has 0 atom stereocenters. The zero-order valence-corrected chi connectivity index (χ0v) is 14.2. The first-order valence-electron chi connectivity index (χ1n) is 8.46. The fourth-order valence-corrected chi connectivity index (χ4v) is 3.65. The van der Waals surface area contributed by atoms with Gasteiger partial charge >= 0.3 is 0 Å². The van der Waals surface area contributed by atoms with Crippen LogP contribution >= 0.6 is 0 Å². The molecule has 118 valence electrons. The molecule has 0 unspecified atom stereocenters. The zero-order chi connectivity index (χ0) is 15.5. The summed E-state index contributed by atoms with van der Waals surface area (Å²) in [5, 5.41) is 3.75. The maximum Gasteiger partial charge on any atom is 0.0495 e. The van der Waals surface area contributed by atoms with Gasteiger partial charge in [0, 0.05) is 17.8 Å². The first-order chi connectivity index (χ1) is 9.91. The molecule has 1 fully saturated rings. The van der Waals surface area contributed by atoms with E-state index in [1.807, 2.05) is 0 Å². The topological polar surface area (TPSA) is 38.0 Å². The minimum atomic E-state index is 0.0914. The van der Waals surface area contributed by atoms with Crippen molar-refractivity contribution >= 4 is 5.69 Å². The SMILES string of the molecule is CCC(C)(C)C1CCC(CN)(Nc2cccc(C)c2)CC1. The molecular formula is C19H32N2. The van der Waals surface area contributed by atoms with Crippen LogP contribution in [0.4, 0.5) is 5.69 Å². The van der Waals surface area contributed by atoms with Gasteiger partial charge in [-0.15, -0.1) is 0 Å². The van der Waals surface area contributed by atoms with Crippen molar-refractivity contribution < 1.29 is 0 Å². The Kier molecular flexibility index (Phi) is 4.98. The molecule has 1 aliphatic rings. The van der Waals surface area contributed by atoms with Crippen molar-refractivity contribution in [2.45, 2.75) is 65.3 Å². The van der Waals surface area contributed by atoms with Crippen LogP contribution in [0, 0.1) is 18.3 Å². The normalized spacial score (nSPS) is 26.6. The molecular weight excluding hydrogens is 256 g/mol. The van der Waals surface area contributed by atoms with Crippen LogP contribution in [0.2, 0.25) is 0 Å². The molecule has 0 radical (unpaired) electrons. The summed E-state index contributed by atoms with van der Waals surface area (Å²) in [7, 11) is 0. The van der Waals surface area contributed by atoms with Gasteiger partial charge in [-0.1, -0.05) is 39.3 Å². The summed E-state index contributed by atoms with van der Waals surface area (Å²) in [6.45, 7) is 10.0. The van der Waals surface area contributed by atoms with E-state index >= 15 is 0 Å². The van der Waals surface area contributed by atoms with Crippen molar-refractivity contribution in [1.82, 2.24) is 0 Å². The van der Waals surface area contributed by atoms with Crippen molar-refractivity contribution in [2.75, 3.05) is 11.9 Å². The monoisotopic (exact) mass is 288 g/mol. The van der Waals surface area contributed by atoms with Gasteiger partial charge in [-0.2, -0.15) is 0 Å². The minimum absolute atomic E-state index is 0.0914. The third-order valence-corrected chi connectivity index (χ3v) is 5.78. The van der Waals surface area contributed by atoms with Gasteiger partial charge in [0.15, 0.2) is 0 Å². The molecule has 1 aliphatic carbocycles. The number of benzene rings is 1. The second-order valence-electron chi connectivity index (χ2n) is 7.60. The van der Waals surface area contributed by atoms with Crippen molar-refractivity contribution in [3.05, 3.63) is 29.8 Å². The zero-order valence-electron chi connectivity index (χ0n) is 14.2. The second-order valence-corrected chi connectivity index (χ2v) is 7.60. The average Bonchev–Trinajstić information content (AvgIpc) is 2.48. The van der Waals surface area contributed by atoms with Gasteiger partial charge in [-0.3, -0.25) is 0 Å². The van der Waals surface area contributed by atoms with Crippen molar-refractivity contribution in [3.8, 4) is 0 Å². The highest BCUT2D eigenvalue weighted by Gasteiger charge is 2.38. The lowest BCUT2D eigenvalue weighted by Crippen LogP contribution is -2.49. The molecule has 1 aromatic carbocycles. The Balaban J connectivity index is 2.05. The van der Waals surface area contributed by atoms with Gasteiger partial charge in [0.05, 0.1) is 0 Å². The standard InChI is InChI=1S/C19H32N2/c1-5-18(3,4)16-9-11-19(14-20,12-10-16)21-17-8-6-7-15(2)13-17/h6-8,13,16,21H,5,9-12,14,20H2,1-4H3. The Morgan fingerprint density at radius 2 is 1.95 bits per heavy atom. The summed E-state index contributed by atoms with van der Waals surface area (Å²) >= 11 is 0. The molecule has 0 bridgehead atoms. The molecule has 0 aliphatic heterocycles. The van der Waals surface area contributed by atoms with Crippen LogP contribution in [0.5, 0.6) is 0 Å². The maximum atomic E-state index is 6.15. The molecule has 0 spiro atoms. The highest BCUT2D eigenvalue weighted by atomic mass is 15.0. The number of rotatable bonds is 5. The quantitative estimate of drug-likeness (QED) is 0.822. The highest BCUT2D eigenvalue weighted by Crippen LogP contribution is 2.44. The number of nitrogens with two attached hydrogens (primary N) is 1. The smallest absolute Gasteiger partial charge is 0.0495 e. The summed E-state index contributed by atoms with van der Waals surface area (Å²) in [4.78, 5) is 0. The van der Waals surface area contributed by atoms with Crippen LogP contribution in [-0.4, -0.2) is 12.1 Å². The molecule has 21 heavy (non-hydrogen) atoms. The Bertz CT molecular complexity index is 456. The highest BCUT2D eigenvalue weighted by molar-refractivity contribution is 5.48. The van der Waals surface area contributed by atoms with E-state index in [-0.39, 0.29) is 5.54 Å². The van der Waals surface area contributed by atoms with Crippen molar-refractivity contribution in [3.63, 3.8) is 0 Å². The summed E-state index contributed by atoms with van der Waals surface area (Å²) in [5.74, 6) is 0.835. The molecule has 0 aromatic heterocycles. The Morgan fingerprint density at radius 3 is 2.48 bits per heavy atom. The predicted molar refractivity (Wildman–Crippen MR) is 92.6 cm³/mol. The molecule has 2 nitrogen and oxygen atoms in total. The van der Waals surface area contributed by atoms with Crippen molar-refractivity contribution in [2.24, 2.45) is 17.1 Å². The molecule has 2 rings (SSSR count). The lowest BCUT2D eigenvalue weighted by atomic mass is 9.65.